The fourth-order valence-corrected chi connectivity index (χ4v) is 3.37. The number of hydrogen-bond donors (Lipinski definition) is 1. The van der Waals surface area contributed by atoms with E-state index in [1.165, 1.54) is 10.4 Å². The van der Waals surface area contributed by atoms with E-state index in [1.807, 2.05) is 0 Å². The van der Waals surface area contributed by atoms with Crippen molar-refractivity contribution in [1.82, 2.24) is 4.90 Å². The van der Waals surface area contributed by atoms with Crippen molar-refractivity contribution in [3.05, 3.63) is 21.9 Å². The van der Waals surface area contributed by atoms with Crippen LogP contribution in [0.2, 0.25) is 0 Å². The third-order valence-corrected chi connectivity index (χ3v) is 4.29. The van der Waals surface area contributed by atoms with E-state index in [-0.39, 0.29) is 6.61 Å². The van der Waals surface area contributed by atoms with Gasteiger partial charge in [-0.1, -0.05) is 13.8 Å². The summed E-state index contributed by atoms with van der Waals surface area (Å²) < 4.78 is 0. The lowest BCUT2D eigenvalue weighted by molar-refractivity contribution is 0.102. The van der Waals surface area contributed by atoms with Gasteiger partial charge in [0.1, 0.15) is 0 Å². The number of aliphatic hydroxyl groups is 1. The highest BCUT2D eigenvalue weighted by atomic mass is 32.1. The highest BCUT2D eigenvalue weighted by molar-refractivity contribution is 7.10. The van der Waals surface area contributed by atoms with Gasteiger partial charge in [-0.2, -0.15) is 0 Å². The Bertz CT molecular complexity index is 319. The second-order valence-corrected chi connectivity index (χ2v) is 5.91. The molecule has 0 spiro atoms. The molecule has 0 radical (unpaired) electrons. The van der Waals surface area contributed by atoms with Gasteiger partial charge >= 0.3 is 0 Å². The molecule has 1 heterocycles. The van der Waals surface area contributed by atoms with Gasteiger partial charge in [-0.25, -0.2) is 0 Å². The lowest BCUT2D eigenvalue weighted by atomic mass is 9.86. The summed E-state index contributed by atoms with van der Waals surface area (Å²) in [5.74, 6) is 0.784. The average molecular weight is 241 g/mol. The first-order valence-corrected chi connectivity index (χ1v) is 6.68. The fraction of sp³-hybridized carbons (Fsp3) is 0.692. The zero-order valence-electron chi connectivity index (χ0n) is 10.9. The van der Waals surface area contributed by atoms with Gasteiger partial charge in [-0.05, 0) is 43.9 Å². The second kappa shape index (κ2) is 5.80. The first-order valence-electron chi connectivity index (χ1n) is 5.80. The van der Waals surface area contributed by atoms with E-state index in [1.54, 1.807) is 11.3 Å². The Balaban J connectivity index is 3.04. The van der Waals surface area contributed by atoms with Crippen molar-refractivity contribution in [3.8, 4) is 0 Å². The molecule has 0 aliphatic rings. The molecule has 16 heavy (non-hydrogen) atoms. The van der Waals surface area contributed by atoms with Crippen molar-refractivity contribution in [2.75, 3.05) is 20.7 Å². The highest BCUT2D eigenvalue weighted by Gasteiger charge is 2.29. The molecule has 0 aliphatic carbocycles. The molecule has 1 N–H and O–H groups in total. The smallest absolute Gasteiger partial charge is 0.0490 e. The molecule has 0 saturated carbocycles. The molecule has 2 atom stereocenters. The molecule has 2 unspecified atom stereocenters. The largest absolute Gasteiger partial charge is 0.396 e. The van der Waals surface area contributed by atoms with E-state index in [2.05, 4.69) is 51.2 Å². The Morgan fingerprint density at radius 3 is 2.31 bits per heavy atom. The number of rotatable bonds is 5. The van der Waals surface area contributed by atoms with Crippen LogP contribution in [0.3, 0.4) is 0 Å². The van der Waals surface area contributed by atoms with E-state index in [0.29, 0.717) is 17.9 Å². The van der Waals surface area contributed by atoms with Crippen LogP contribution in [0, 0.1) is 18.8 Å². The number of hydrogen-bond acceptors (Lipinski definition) is 3. The number of aryl methyl sites for hydroxylation is 1. The normalized spacial score (nSPS) is 15.8. The van der Waals surface area contributed by atoms with E-state index < -0.39 is 0 Å². The molecular weight excluding hydrogens is 218 g/mol. The summed E-state index contributed by atoms with van der Waals surface area (Å²) >= 11 is 1.79. The summed E-state index contributed by atoms with van der Waals surface area (Å²) in [4.78, 5) is 3.61. The van der Waals surface area contributed by atoms with E-state index >= 15 is 0 Å². The van der Waals surface area contributed by atoms with Crippen molar-refractivity contribution in [3.63, 3.8) is 0 Å². The van der Waals surface area contributed by atoms with Crippen LogP contribution in [0.4, 0.5) is 0 Å². The number of nitrogens with zero attached hydrogens (tertiary/aromatic N) is 1. The summed E-state index contributed by atoms with van der Waals surface area (Å²) in [5.41, 5.74) is 1.34. The predicted molar refractivity (Wildman–Crippen MR) is 70.9 cm³/mol. The predicted octanol–water partition coefficient (Wildman–Crippen LogP) is 2.92. The molecule has 1 aromatic heterocycles. The zero-order chi connectivity index (χ0) is 12.3. The van der Waals surface area contributed by atoms with Crippen LogP contribution in [-0.4, -0.2) is 30.7 Å². The molecule has 0 fully saturated rings. The number of aliphatic hydroxyl groups excluding tert-OH is 1. The molecular formula is C13H23NOS. The van der Waals surface area contributed by atoms with Crippen LogP contribution in [0.25, 0.3) is 0 Å². The van der Waals surface area contributed by atoms with Gasteiger partial charge < -0.3 is 10.0 Å². The molecule has 92 valence electrons. The zero-order valence-corrected chi connectivity index (χ0v) is 11.7. The third-order valence-electron chi connectivity index (χ3n) is 3.20. The minimum absolute atomic E-state index is 0.248. The van der Waals surface area contributed by atoms with Gasteiger partial charge in [0, 0.05) is 23.4 Å². The summed E-state index contributed by atoms with van der Waals surface area (Å²) in [6.07, 6.45) is 0. The Kier molecular flexibility index (Phi) is 4.96. The van der Waals surface area contributed by atoms with E-state index in [4.69, 9.17) is 0 Å². The summed E-state index contributed by atoms with van der Waals surface area (Å²) in [6.45, 7) is 6.76. The standard InChI is InChI=1S/C13H23NOS/c1-9(2)11(8-15)12(14(4)5)13-10(3)6-7-16-13/h6-7,9,11-12,15H,8H2,1-5H3. The lowest BCUT2D eigenvalue weighted by Gasteiger charge is -2.33. The van der Waals surface area contributed by atoms with Crippen LogP contribution < -0.4 is 0 Å². The van der Waals surface area contributed by atoms with Gasteiger partial charge in [-0.3, -0.25) is 0 Å². The van der Waals surface area contributed by atoms with Crippen LogP contribution >= 0.6 is 11.3 Å². The highest BCUT2D eigenvalue weighted by Crippen LogP contribution is 2.36. The van der Waals surface area contributed by atoms with Crippen LogP contribution in [0.1, 0.15) is 30.3 Å². The molecule has 3 heteroatoms. The molecule has 1 rings (SSSR count). The maximum absolute atomic E-state index is 9.58. The summed E-state index contributed by atoms with van der Waals surface area (Å²) in [7, 11) is 4.18. The van der Waals surface area contributed by atoms with Gasteiger partial charge in [-0.15, -0.1) is 11.3 Å². The quantitative estimate of drug-likeness (QED) is 0.857. The monoisotopic (exact) mass is 241 g/mol. The fourth-order valence-electron chi connectivity index (χ4n) is 2.17. The summed E-state index contributed by atoms with van der Waals surface area (Å²) in [5, 5.41) is 11.7. The van der Waals surface area contributed by atoms with Gasteiger partial charge in [0.15, 0.2) is 0 Å². The molecule has 0 bridgehead atoms. The second-order valence-electron chi connectivity index (χ2n) is 4.97. The average Bonchev–Trinajstić information content (AvgIpc) is 2.59. The molecule has 1 aromatic rings. The Morgan fingerprint density at radius 2 is 2.00 bits per heavy atom. The van der Waals surface area contributed by atoms with Crippen molar-refractivity contribution in [2.24, 2.45) is 11.8 Å². The first-order chi connectivity index (χ1) is 7.49. The minimum Gasteiger partial charge on any atom is -0.396 e. The first kappa shape index (κ1) is 13.7. The van der Waals surface area contributed by atoms with Crippen molar-refractivity contribution < 1.29 is 5.11 Å². The molecule has 0 aromatic carbocycles. The van der Waals surface area contributed by atoms with Gasteiger partial charge in [0.05, 0.1) is 0 Å². The Hall–Kier alpha value is -0.380. The van der Waals surface area contributed by atoms with Crippen molar-refractivity contribution >= 4 is 11.3 Å². The van der Waals surface area contributed by atoms with E-state index in [9.17, 15) is 5.11 Å². The Labute approximate surface area is 103 Å². The molecule has 2 nitrogen and oxygen atoms in total. The third kappa shape index (κ3) is 2.84. The topological polar surface area (TPSA) is 23.5 Å². The van der Waals surface area contributed by atoms with E-state index in [0.717, 1.165) is 0 Å². The van der Waals surface area contributed by atoms with Crippen molar-refractivity contribution in [2.45, 2.75) is 26.8 Å². The minimum atomic E-state index is 0.248. The van der Waals surface area contributed by atoms with Crippen LogP contribution in [-0.2, 0) is 0 Å². The molecule has 0 aliphatic heterocycles. The number of thiophene rings is 1. The maximum atomic E-state index is 9.58. The maximum Gasteiger partial charge on any atom is 0.0490 e. The Morgan fingerprint density at radius 1 is 1.38 bits per heavy atom. The van der Waals surface area contributed by atoms with Gasteiger partial charge in [0.2, 0.25) is 0 Å². The van der Waals surface area contributed by atoms with Crippen LogP contribution in [0.15, 0.2) is 11.4 Å². The molecule has 0 amide bonds. The van der Waals surface area contributed by atoms with Crippen LogP contribution in [0.5, 0.6) is 0 Å². The SMILES string of the molecule is Cc1ccsc1C(C(CO)C(C)C)N(C)C. The molecule has 0 saturated heterocycles. The van der Waals surface area contributed by atoms with Gasteiger partial charge in [0.25, 0.3) is 0 Å². The van der Waals surface area contributed by atoms with Crippen molar-refractivity contribution in [1.29, 1.82) is 0 Å². The lowest BCUT2D eigenvalue weighted by Crippen LogP contribution is -2.32. The summed E-state index contributed by atoms with van der Waals surface area (Å²) in [6, 6.07) is 2.48.